The van der Waals surface area contributed by atoms with Crippen molar-refractivity contribution in [2.24, 2.45) is 0 Å². The molecule has 6 heteroatoms. The molecule has 0 saturated heterocycles. The van der Waals surface area contributed by atoms with E-state index in [9.17, 15) is 0 Å². The van der Waals surface area contributed by atoms with Gasteiger partial charge in [-0.05, 0) is 17.8 Å². The van der Waals surface area contributed by atoms with Crippen molar-refractivity contribution in [1.29, 1.82) is 5.26 Å². The fraction of sp³-hybridized carbons (Fsp3) is 0. The van der Waals surface area contributed by atoms with Crippen LogP contribution in [0.3, 0.4) is 0 Å². The molecule has 0 heterocycles. The molecule has 0 aliphatic heterocycles. The monoisotopic (exact) mass is 214 g/mol. The fourth-order valence-electron chi connectivity index (χ4n) is 0.763. The Morgan fingerprint density at radius 3 is 2.50 bits per heavy atom. The minimum atomic E-state index is 0. The number of benzene rings is 1. The molecule has 1 rings (SSSR count). The molecule has 3 N–H and O–H groups in total. The molecule has 0 spiro atoms. The van der Waals surface area contributed by atoms with E-state index in [1.54, 1.807) is 30.5 Å². The summed E-state index contributed by atoms with van der Waals surface area (Å²) in [5, 5.41) is 14.4. The Bertz CT molecular complexity index is 343. The zero-order chi connectivity index (χ0) is 9.68. The maximum absolute atomic E-state index is 8.19. The molecule has 1 aromatic rings. The van der Waals surface area contributed by atoms with Crippen molar-refractivity contribution in [3.05, 3.63) is 29.6 Å². The summed E-state index contributed by atoms with van der Waals surface area (Å²) in [6.45, 7) is 0. The van der Waals surface area contributed by atoms with Crippen LogP contribution in [0.25, 0.3) is 5.32 Å². The number of nitrogens with zero attached hydrogens (tertiary/aromatic N) is 2. The van der Waals surface area contributed by atoms with E-state index in [0.717, 1.165) is 5.69 Å². The Labute approximate surface area is 110 Å². The number of hydrogen-bond donors (Lipinski definition) is 2. The molecule has 0 aliphatic carbocycles. The van der Waals surface area contributed by atoms with E-state index in [-0.39, 0.29) is 34.7 Å². The maximum Gasteiger partial charge on any atom is 1.00 e. The molecule has 0 amide bonds. The van der Waals surface area contributed by atoms with Gasteiger partial charge in [0.05, 0.1) is 5.11 Å². The van der Waals surface area contributed by atoms with Gasteiger partial charge >= 0.3 is 29.6 Å². The van der Waals surface area contributed by atoms with E-state index in [4.69, 9.17) is 23.2 Å². The van der Waals surface area contributed by atoms with Gasteiger partial charge in [-0.3, -0.25) is 0 Å². The van der Waals surface area contributed by atoms with Gasteiger partial charge in [-0.15, -0.1) is 0 Å². The van der Waals surface area contributed by atoms with Gasteiger partial charge in [-0.2, -0.15) is 0 Å². The third kappa shape index (κ3) is 4.44. The molecule has 0 atom stereocenters. The molecule has 0 bridgehead atoms. The summed E-state index contributed by atoms with van der Waals surface area (Å²) >= 11 is 4.74. The molecule has 66 valence electrons. The second-order valence-electron chi connectivity index (χ2n) is 2.26. The average Bonchev–Trinajstić information content (AvgIpc) is 2.09. The normalized spacial score (nSPS) is 7.93. The van der Waals surface area contributed by atoms with E-state index in [2.05, 4.69) is 10.6 Å². The zero-order valence-electron chi connectivity index (χ0n) is 7.69. The Morgan fingerprint density at radius 2 is 2.00 bits per heavy atom. The molecule has 0 saturated carbocycles. The first-order chi connectivity index (χ1) is 6.22. The summed E-state index contributed by atoms with van der Waals surface area (Å²) in [6, 6.07) is 6.98. The van der Waals surface area contributed by atoms with E-state index >= 15 is 0 Å². The van der Waals surface area contributed by atoms with Crippen molar-refractivity contribution in [3.8, 4) is 6.19 Å². The molecule has 4 nitrogen and oxygen atoms in total. The number of rotatable bonds is 1. The van der Waals surface area contributed by atoms with Crippen molar-refractivity contribution >= 4 is 28.7 Å². The first-order valence-electron chi connectivity index (χ1n) is 3.48. The van der Waals surface area contributed by atoms with Crippen molar-refractivity contribution in [3.63, 3.8) is 0 Å². The Kier molecular flexibility index (Phi) is 6.25. The van der Waals surface area contributed by atoms with Crippen molar-refractivity contribution in [2.75, 3.05) is 11.1 Å². The molecule has 1 aromatic carbocycles. The van der Waals surface area contributed by atoms with Gasteiger partial charge in [0.15, 0.2) is 0 Å². The summed E-state index contributed by atoms with van der Waals surface area (Å²) in [5.74, 6) is 0. The average molecular weight is 214 g/mol. The molecule has 0 radical (unpaired) electrons. The van der Waals surface area contributed by atoms with E-state index in [1.165, 1.54) is 0 Å². The predicted octanol–water partition coefficient (Wildman–Crippen LogP) is -1.18. The van der Waals surface area contributed by atoms with Crippen LogP contribution >= 0.6 is 12.2 Å². The first-order valence-corrected chi connectivity index (χ1v) is 3.89. The van der Waals surface area contributed by atoms with Crippen LogP contribution in [0.1, 0.15) is 0 Å². The molecule has 14 heavy (non-hydrogen) atoms. The van der Waals surface area contributed by atoms with Gasteiger partial charge in [0, 0.05) is 11.9 Å². The first kappa shape index (κ1) is 13.2. The predicted molar refractivity (Wildman–Crippen MR) is 56.0 cm³/mol. The molecule has 0 aliphatic rings. The SMILES string of the molecule is N#C[N-]C(=S)Nc1ccc(N)cc1.[Na+]. The number of anilines is 2. The van der Waals surface area contributed by atoms with Gasteiger partial charge in [-0.1, -0.05) is 24.4 Å². The Balaban J connectivity index is 0.00000169. The number of nitrogens with one attached hydrogen (secondary N) is 1. The van der Waals surface area contributed by atoms with E-state index in [1.807, 2.05) is 0 Å². The zero-order valence-corrected chi connectivity index (χ0v) is 10.5. The number of nitriles is 1. The molecule has 0 fully saturated rings. The van der Waals surface area contributed by atoms with Gasteiger partial charge < -0.3 is 21.6 Å². The van der Waals surface area contributed by atoms with Crippen LogP contribution < -0.4 is 40.6 Å². The van der Waals surface area contributed by atoms with Gasteiger partial charge in [0.1, 0.15) is 0 Å². The minimum absolute atomic E-state index is 0. The van der Waals surface area contributed by atoms with E-state index < -0.39 is 0 Å². The third-order valence-corrected chi connectivity index (χ3v) is 1.51. The van der Waals surface area contributed by atoms with Gasteiger partial charge in [0.2, 0.25) is 0 Å². The molecular formula is C8H7N4NaS. The Morgan fingerprint density at radius 1 is 1.43 bits per heavy atom. The topological polar surface area (TPSA) is 75.9 Å². The molecular weight excluding hydrogens is 207 g/mol. The number of nitrogens with two attached hydrogens (primary N) is 1. The summed E-state index contributed by atoms with van der Waals surface area (Å²) < 4.78 is 0. The van der Waals surface area contributed by atoms with Gasteiger partial charge in [-0.25, -0.2) is 0 Å². The molecule has 0 unspecified atom stereocenters. The van der Waals surface area contributed by atoms with Crippen molar-refractivity contribution in [2.45, 2.75) is 0 Å². The third-order valence-electron chi connectivity index (χ3n) is 1.31. The van der Waals surface area contributed by atoms with E-state index in [0.29, 0.717) is 5.69 Å². The van der Waals surface area contributed by atoms with Crippen LogP contribution in [0.4, 0.5) is 11.4 Å². The van der Waals surface area contributed by atoms with Crippen LogP contribution in [-0.4, -0.2) is 5.11 Å². The van der Waals surface area contributed by atoms with Gasteiger partial charge in [0.25, 0.3) is 0 Å². The van der Waals surface area contributed by atoms with Crippen LogP contribution in [0.2, 0.25) is 0 Å². The second-order valence-corrected chi connectivity index (χ2v) is 2.65. The Hall–Kier alpha value is -0.800. The fourth-order valence-corrected chi connectivity index (χ4v) is 0.922. The van der Waals surface area contributed by atoms with Crippen molar-refractivity contribution in [1.82, 2.24) is 0 Å². The summed E-state index contributed by atoms with van der Waals surface area (Å²) in [4.78, 5) is 0. The second kappa shape index (κ2) is 6.62. The largest absolute Gasteiger partial charge is 1.00 e. The standard InChI is InChI=1S/C8H8N4S.Na/c9-5-11-8(13)12-7-3-1-6(10)2-4-7;/h1-4H,10H2,(H2,11,12,13);/q;+1/p-1. The van der Waals surface area contributed by atoms with Crippen LogP contribution in [-0.2, 0) is 0 Å². The molecule has 0 aromatic heterocycles. The minimum Gasteiger partial charge on any atom is -0.405 e. The smallest absolute Gasteiger partial charge is 0.405 e. The van der Waals surface area contributed by atoms with Crippen LogP contribution in [0, 0.1) is 11.5 Å². The van der Waals surface area contributed by atoms with Crippen LogP contribution in [0.5, 0.6) is 0 Å². The summed E-state index contributed by atoms with van der Waals surface area (Å²) in [6.07, 6.45) is 1.60. The number of nitrogen functional groups attached to an aromatic ring is 1. The summed E-state index contributed by atoms with van der Waals surface area (Å²) in [7, 11) is 0. The summed E-state index contributed by atoms with van der Waals surface area (Å²) in [5.41, 5.74) is 6.92. The van der Waals surface area contributed by atoms with Crippen molar-refractivity contribution < 1.29 is 29.6 Å². The number of thiocarbonyl (C=S) groups is 1. The number of hydrogen-bond acceptors (Lipinski definition) is 3. The van der Waals surface area contributed by atoms with Crippen LogP contribution in [0.15, 0.2) is 24.3 Å². The maximum atomic E-state index is 8.19. The quantitative estimate of drug-likeness (QED) is 0.267.